The molecule has 0 saturated carbocycles. The van der Waals surface area contributed by atoms with Gasteiger partial charge in [0.2, 0.25) is 0 Å². The molecule has 0 aromatic rings. The summed E-state index contributed by atoms with van der Waals surface area (Å²) in [5, 5.41) is 41.0. The van der Waals surface area contributed by atoms with Crippen LogP contribution in [0.2, 0.25) is 0 Å². The molecule has 0 bridgehead atoms. The second-order valence-corrected chi connectivity index (χ2v) is 9.37. The second-order valence-electron chi connectivity index (χ2n) is 9.37. The van der Waals surface area contributed by atoms with Gasteiger partial charge in [-0.25, -0.2) is 4.79 Å². The van der Waals surface area contributed by atoms with E-state index in [1.165, 1.54) is 83.5 Å². The van der Waals surface area contributed by atoms with Crippen LogP contribution in [0.3, 0.4) is 0 Å². The molecule has 5 atom stereocenters. The monoisotopic (exact) mass is 475 g/mol. The van der Waals surface area contributed by atoms with Crippen LogP contribution in [0.1, 0.15) is 110 Å². The summed E-state index contributed by atoms with van der Waals surface area (Å²) in [5.41, 5.74) is 0. The van der Waals surface area contributed by atoms with Crippen molar-refractivity contribution in [2.24, 2.45) is 0 Å². The highest BCUT2D eigenvalue weighted by molar-refractivity contribution is 5.67. The van der Waals surface area contributed by atoms with Gasteiger partial charge in [0.05, 0.1) is 0 Å². The first-order valence-corrected chi connectivity index (χ1v) is 13.3. The highest BCUT2D eigenvalue weighted by atomic mass is 16.7. The van der Waals surface area contributed by atoms with E-state index in [2.05, 4.69) is 12.2 Å². The van der Waals surface area contributed by atoms with Crippen LogP contribution in [-0.2, 0) is 9.47 Å². The minimum absolute atomic E-state index is 0.327. The molecule has 196 valence electrons. The standard InChI is InChI=1S/C25H49NO7/c1-2-3-4-5-6-7-8-9-10-11-12-13-14-15-16-17-18-26-25(31)32-19-20-21(27)22(28)23(29)24(30)33-20/h20-24,27-30H,2-19H2,1H3,(H,26,31)/t20-,21-,22+,23-,24+/m1/s1. The van der Waals surface area contributed by atoms with E-state index < -0.39 is 36.8 Å². The van der Waals surface area contributed by atoms with E-state index in [4.69, 9.17) is 9.47 Å². The van der Waals surface area contributed by atoms with Crippen molar-refractivity contribution in [3.63, 3.8) is 0 Å². The average Bonchev–Trinajstić information content (AvgIpc) is 2.81. The van der Waals surface area contributed by atoms with E-state index >= 15 is 0 Å². The van der Waals surface area contributed by atoms with Gasteiger partial charge in [0.25, 0.3) is 0 Å². The molecule has 0 aromatic heterocycles. The van der Waals surface area contributed by atoms with Crippen molar-refractivity contribution < 1.29 is 34.7 Å². The van der Waals surface area contributed by atoms with Gasteiger partial charge in [-0.3, -0.25) is 0 Å². The topological polar surface area (TPSA) is 128 Å². The van der Waals surface area contributed by atoms with E-state index in [9.17, 15) is 25.2 Å². The van der Waals surface area contributed by atoms with Gasteiger partial charge >= 0.3 is 6.09 Å². The smallest absolute Gasteiger partial charge is 0.407 e. The summed E-state index contributed by atoms with van der Waals surface area (Å²) in [6.07, 6.45) is 12.8. The lowest BCUT2D eigenvalue weighted by Gasteiger charge is -2.37. The Morgan fingerprint density at radius 1 is 0.697 bits per heavy atom. The van der Waals surface area contributed by atoms with Crippen LogP contribution in [0.15, 0.2) is 0 Å². The molecule has 0 spiro atoms. The first kappa shape index (κ1) is 30.1. The number of hydrogen-bond acceptors (Lipinski definition) is 7. The number of alkyl carbamates (subject to hydrolysis) is 1. The Labute approximate surface area is 200 Å². The third kappa shape index (κ3) is 14.2. The third-order valence-electron chi connectivity index (χ3n) is 6.37. The molecule has 8 heteroatoms. The molecule has 0 radical (unpaired) electrons. The average molecular weight is 476 g/mol. The van der Waals surface area contributed by atoms with Crippen LogP contribution in [0.5, 0.6) is 0 Å². The van der Waals surface area contributed by atoms with Crippen LogP contribution >= 0.6 is 0 Å². The van der Waals surface area contributed by atoms with Gasteiger partial charge < -0.3 is 35.2 Å². The second kappa shape index (κ2) is 19.4. The minimum Gasteiger partial charge on any atom is -0.447 e. The van der Waals surface area contributed by atoms with E-state index in [0.717, 1.165) is 19.3 Å². The number of ether oxygens (including phenoxy) is 2. The van der Waals surface area contributed by atoms with Crippen molar-refractivity contribution in [2.75, 3.05) is 13.2 Å². The largest absolute Gasteiger partial charge is 0.447 e. The zero-order valence-electron chi connectivity index (χ0n) is 20.6. The number of hydrogen-bond donors (Lipinski definition) is 5. The Morgan fingerprint density at radius 3 is 1.64 bits per heavy atom. The van der Waals surface area contributed by atoms with Crippen LogP contribution in [0, 0.1) is 0 Å². The molecule has 8 nitrogen and oxygen atoms in total. The summed E-state index contributed by atoms with van der Waals surface area (Å²) >= 11 is 0. The van der Waals surface area contributed by atoms with Crippen molar-refractivity contribution in [3.05, 3.63) is 0 Å². The van der Waals surface area contributed by atoms with E-state index in [0.29, 0.717) is 6.54 Å². The molecule has 1 amide bonds. The number of amides is 1. The Kier molecular flexibility index (Phi) is 17.7. The van der Waals surface area contributed by atoms with Crippen molar-refractivity contribution in [2.45, 2.75) is 140 Å². The number of carbonyl (C=O) groups excluding carboxylic acids is 1. The lowest BCUT2D eigenvalue weighted by Crippen LogP contribution is -2.58. The van der Waals surface area contributed by atoms with Crippen molar-refractivity contribution >= 4 is 6.09 Å². The maximum atomic E-state index is 11.7. The fourth-order valence-corrected chi connectivity index (χ4v) is 4.14. The predicted molar refractivity (Wildman–Crippen MR) is 128 cm³/mol. The van der Waals surface area contributed by atoms with Crippen LogP contribution < -0.4 is 5.32 Å². The molecule has 33 heavy (non-hydrogen) atoms. The number of aliphatic hydroxyl groups excluding tert-OH is 4. The maximum absolute atomic E-state index is 11.7. The number of unbranched alkanes of at least 4 members (excludes halogenated alkanes) is 15. The molecule has 1 fully saturated rings. The van der Waals surface area contributed by atoms with Gasteiger partial charge in [-0.2, -0.15) is 0 Å². The molecule has 0 aromatic carbocycles. The number of nitrogens with one attached hydrogen (secondary N) is 1. The summed E-state index contributed by atoms with van der Waals surface area (Å²) in [6.45, 7) is 2.44. The fourth-order valence-electron chi connectivity index (χ4n) is 4.14. The Bertz CT molecular complexity index is 480. The molecule has 1 heterocycles. The Hall–Kier alpha value is -0.930. The molecule has 1 rings (SSSR count). The van der Waals surface area contributed by atoms with E-state index in [1.807, 2.05) is 0 Å². The molecular formula is C25H49NO7. The third-order valence-corrected chi connectivity index (χ3v) is 6.37. The SMILES string of the molecule is CCCCCCCCCCCCCCCCCCNC(=O)OC[C@H]1O[C@H](O)[C@H](O)[C@@H](O)[C@@H]1O. The first-order valence-electron chi connectivity index (χ1n) is 13.3. The molecule has 0 unspecified atom stereocenters. The lowest BCUT2D eigenvalue weighted by atomic mass is 9.99. The predicted octanol–water partition coefficient (Wildman–Crippen LogP) is 3.77. The Morgan fingerprint density at radius 2 is 1.15 bits per heavy atom. The number of rotatable bonds is 19. The number of carbonyl (C=O) groups is 1. The van der Waals surface area contributed by atoms with Gasteiger partial charge in [-0.05, 0) is 6.42 Å². The summed E-state index contributed by atoms with van der Waals surface area (Å²) in [6, 6.07) is 0. The van der Waals surface area contributed by atoms with Gasteiger partial charge in [-0.1, -0.05) is 103 Å². The normalized spacial score (nSPS) is 25.2. The van der Waals surface area contributed by atoms with Gasteiger partial charge in [0, 0.05) is 6.54 Å². The number of aliphatic hydroxyl groups is 4. The summed E-state index contributed by atoms with van der Waals surface area (Å²) < 4.78 is 9.93. The van der Waals surface area contributed by atoms with Crippen molar-refractivity contribution in [3.8, 4) is 0 Å². The summed E-state index contributed by atoms with van der Waals surface area (Å²) in [7, 11) is 0. The maximum Gasteiger partial charge on any atom is 0.407 e. The van der Waals surface area contributed by atoms with E-state index in [1.54, 1.807) is 0 Å². The zero-order chi connectivity index (χ0) is 24.3. The van der Waals surface area contributed by atoms with Gasteiger partial charge in [0.15, 0.2) is 6.29 Å². The fraction of sp³-hybridized carbons (Fsp3) is 0.960. The van der Waals surface area contributed by atoms with E-state index in [-0.39, 0.29) is 6.61 Å². The van der Waals surface area contributed by atoms with Crippen molar-refractivity contribution in [1.82, 2.24) is 5.32 Å². The minimum atomic E-state index is -1.63. The van der Waals surface area contributed by atoms with Crippen LogP contribution in [0.4, 0.5) is 4.79 Å². The first-order chi connectivity index (χ1) is 16.0. The quantitative estimate of drug-likeness (QED) is 0.180. The molecule has 1 aliphatic rings. The van der Waals surface area contributed by atoms with Gasteiger partial charge in [-0.15, -0.1) is 0 Å². The van der Waals surface area contributed by atoms with Crippen molar-refractivity contribution in [1.29, 1.82) is 0 Å². The van der Waals surface area contributed by atoms with Crippen LogP contribution in [-0.4, -0.2) is 70.4 Å². The summed E-state index contributed by atoms with van der Waals surface area (Å²) in [5.74, 6) is 0. The zero-order valence-corrected chi connectivity index (χ0v) is 20.6. The molecule has 1 aliphatic heterocycles. The Balaban J connectivity index is 1.85. The summed E-state index contributed by atoms with van der Waals surface area (Å²) in [4.78, 5) is 11.7. The molecule has 0 aliphatic carbocycles. The van der Waals surface area contributed by atoms with Gasteiger partial charge in [0.1, 0.15) is 31.0 Å². The molecule has 5 N–H and O–H groups in total. The highest BCUT2D eigenvalue weighted by Gasteiger charge is 2.43. The molecular weight excluding hydrogens is 426 g/mol. The van der Waals surface area contributed by atoms with Crippen LogP contribution in [0.25, 0.3) is 0 Å². The highest BCUT2D eigenvalue weighted by Crippen LogP contribution is 2.20. The molecule has 1 saturated heterocycles. The lowest BCUT2D eigenvalue weighted by molar-refractivity contribution is -0.286.